The number of aldehydes is 1. The molecule has 0 atom stereocenters. The molecule has 0 unspecified atom stereocenters. The van der Waals surface area contributed by atoms with E-state index in [1.165, 1.54) is 12.3 Å². The molecule has 3 nitrogen and oxygen atoms in total. The lowest BCUT2D eigenvalue weighted by Gasteiger charge is -1.85. The molecule has 0 aliphatic rings. The highest BCUT2D eigenvalue weighted by Gasteiger charge is 2.05. The van der Waals surface area contributed by atoms with Gasteiger partial charge in [0.25, 0.3) is 0 Å². The van der Waals surface area contributed by atoms with E-state index in [1.807, 2.05) is 0 Å². The van der Waals surface area contributed by atoms with Crippen molar-refractivity contribution in [2.24, 2.45) is 0 Å². The summed E-state index contributed by atoms with van der Waals surface area (Å²) < 4.78 is 0. The van der Waals surface area contributed by atoms with E-state index in [2.05, 4.69) is 20.9 Å². The lowest BCUT2D eigenvalue weighted by molar-refractivity contribution is 0.102. The number of nitrogens with one attached hydrogen (secondary N) is 1. The number of alkyl halides is 1. The van der Waals surface area contributed by atoms with Crippen LogP contribution < -0.4 is 0 Å². The van der Waals surface area contributed by atoms with Gasteiger partial charge in [-0.05, 0) is 6.07 Å². The summed E-state index contributed by atoms with van der Waals surface area (Å²) in [5.74, 6) is -0.0330. The number of carbonyl (C=O) groups is 2. The molecular weight excluding hydrogens is 210 g/mol. The molecule has 0 saturated heterocycles. The monoisotopic (exact) mass is 215 g/mol. The maximum Gasteiger partial charge on any atom is 0.174 e. The van der Waals surface area contributed by atoms with Crippen molar-refractivity contribution in [2.75, 3.05) is 5.33 Å². The second kappa shape index (κ2) is 3.48. The van der Waals surface area contributed by atoms with Gasteiger partial charge in [-0.25, -0.2) is 0 Å². The van der Waals surface area contributed by atoms with Gasteiger partial charge in [-0.3, -0.25) is 9.59 Å². The fourth-order valence-corrected chi connectivity index (χ4v) is 1.04. The summed E-state index contributed by atoms with van der Waals surface area (Å²) in [6, 6.07) is 1.52. The van der Waals surface area contributed by atoms with Crippen molar-refractivity contribution in [3.8, 4) is 0 Å². The van der Waals surface area contributed by atoms with Crippen LogP contribution in [0.1, 0.15) is 20.8 Å². The maximum absolute atomic E-state index is 11.0. The van der Waals surface area contributed by atoms with Crippen molar-refractivity contribution in [1.29, 1.82) is 0 Å². The Labute approximate surface area is 71.9 Å². The normalized spacial score (nSPS) is 9.55. The topological polar surface area (TPSA) is 49.9 Å². The summed E-state index contributed by atoms with van der Waals surface area (Å²) in [5, 5.41) is 0.281. The van der Waals surface area contributed by atoms with Crippen molar-refractivity contribution in [3.63, 3.8) is 0 Å². The number of ketones is 1. The molecule has 0 aromatic carbocycles. The first-order valence-corrected chi connectivity index (χ1v) is 4.13. The fourth-order valence-electron chi connectivity index (χ4n) is 0.718. The molecule has 0 spiro atoms. The first-order valence-electron chi connectivity index (χ1n) is 3.00. The van der Waals surface area contributed by atoms with Gasteiger partial charge >= 0.3 is 0 Å². The summed E-state index contributed by atoms with van der Waals surface area (Å²) in [4.78, 5) is 23.8. The second-order valence-electron chi connectivity index (χ2n) is 2.02. The van der Waals surface area contributed by atoms with Crippen LogP contribution in [0.15, 0.2) is 12.3 Å². The van der Waals surface area contributed by atoms with Gasteiger partial charge in [0, 0.05) is 11.8 Å². The van der Waals surface area contributed by atoms with E-state index in [1.54, 1.807) is 0 Å². The third kappa shape index (κ3) is 1.77. The molecule has 1 aromatic heterocycles. The molecule has 11 heavy (non-hydrogen) atoms. The Balaban J connectivity index is 2.88. The number of Topliss-reactive ketones (excluding diaryl/α,β-unsaturated/α-hetero) is 1. The zero-order valence-corrected chi connectivity index (χ0v) is 7.22. The summed E-state index contributed by atoms with van der Waals surface area (Å²) in [6.45, 7) is 0. The van der Waals surface area contributed by atoms with E-state index >= 15 is 0 Å². The van der Waals surface area contributed by atoms with Crippen LogP contribution in [-0.4, -0.2) is 22.4 Å². The third-order valence-electron chi connectivity index (χ3n) is 1.28. The lowest BCUT2D eigenvalue weighted by atomic mass is 10.2. The van der Waals surface area contributed by atoms with Crippen LogP contribution in [-0.2, 0) is 0 Å². The predicted molar refractivity (Wildman–Crippen MR) is 44.3 cm³/mol. The zero-order valence-electron chi connectivity index (χ0n) is 5.63. The van der Waals surface area contributed by atoms with Crippen LogP contribution in [0.25, 0.3) is 0 Å². The standard InChI is InChI=1S/C7H6BrNO2/c8-2-7(11)5-1-6(4-10)9-3-5/h1,3-4,9H,2H2. The molecule has 0 aliphatic heterocycles. The summed E-state index contributed by atoms with van der Waals surface area (Å²) in [6.07, 6.45) is 2.19. The van der Waals surface area contributed by atoms with Crippen LogP contribution in [0.5, 0.6) is 0 Å². The maximum atomic E-state index is 11.0. The smallest absolute Gasteiger partial charge is 0.174 e. The number of halogens is 1. The average Bonchev–Trinajstić information content (AvgIpc) is 2.50. The number of aromatic nitrogens is 1. The molecule has 1 rings (SSSR count). The molecule has 0 bridgehead atoms. The summed E-state index contributed by atoms with van der Waals surface area (Å²) in [7, 11) is 0. The molecular formula is C7H6BrNO2. The SMILES string of the molecule is O=Cc1cc(C(=O)CBr)c[nH]1. The van der Waals surface area contributed by atoms with Gasteiger partial charge in [0.2, 0.25) is 0 Å². The zero-order chi connectivity index (χ0) is 8.27. The molecule has 1 heterocycles. The predicted octanol–water partition coefficient (Wildman–Crippen LogP) is 1.40. The van der Waals surface area contributed by atoms with E-state index in [4.69, 9.17) is 0 Å². The summed E-state index contributed by atoms with van der Waals surface area (Å²) >= 11 is 3.03. The molecule has 0 fully saturated rings. The molecule has 58 valence electrons. The minimum atomic E-state index is -0.0330. The molecule has 0 radical (unpaired) electrons. The van der Waals surface area contributed by atoms with Gasteiger partial charge in [0.15, 0.2) is 12.1 Å². The van der Waals surface area contributed by atoms with Crippen LogP contribution in [0.2, 0.25) is 0 Å². The number of aromatic amines is 1. The number of carbonyl (C=O) groups excluding carboxylic acids is 2. The first kappa shape index (κ1) is 8.20. The van der Waals surface area contributed by atoms with Crippen molar-refractivity contribution in [2.45, 2.75) is 0 Å². The average molecular weight is 216 g/mol. The lowest BCUT2D eigenvalue weighted by Crippen LogP contribution is -1.96. The second-order valence-corrected chi connectivity index (χ2v) is 2.58. The van der Waals surface area contributed by atoms with Gasteiger partial charge in [0.1, 0.15) is 0 Å². The molecule has 4 heteroatoms. The molecule has 0 saturated carbocycles. The summed E-state index contributed by atoms with van der Waals surface area (Å²) in [5.41, 5.74) is 0.957. The number of H-pyrrole nitrogens is 1. The van der Waals surface area contributed by atoms with Crippen LogP contribution >= 0.6 is 15.9 Å². The van der Waals surface area contributed by atoms with Crippen molar-refractivity contribution >= 4 is 28.0 Å². The van der Waals surface area contributed by atoms with Gasteiger partial charge in [0.05, 0.1) is 11.0 Å². The molecule has 1 N–H and O–H groups in total. The fraction of sp³-hybridized carbons (Fsp3) is 0.143. The Kier molecular flexibility index (Phi) is 2.59. The van der Waals surface area contributed by atoms with E-state index in [9.17, 15) is 9.59 Å². The van der Waals surface area contributed by atoms with E-state index in [0.29, 0.717) is 17.5 Å². The van der Waals surface area contributed by atoms with Crippen molar-refractivity contribution in [1.82, 2.24) is 4.98 Å². The highest BCUT2D eigenvalue weighted by Crippen LogP contribution is 2.03. The highest BCUT2D eigenvalue weighted by atomic mass is 79.9. The van der Waals surface area contributed by atoms with Crippen molar-refractivity contribution < 1.29 is 9.59 Å². The van der Waals surface area contributed by atoms with Crippen LogP contribution in [0.4, 0.5) is 0 Å². The largest absolute Gasteiger partial charge is 0.358 e. The third-order valence-corrected chi connectivity index (χ3v) is 1.78. The Morgan fingerprint density at radius 2 is 2.45 bits per heavy atom. The molecule has 0 aliphatic carbocycles. The number of hydrogen-bond donors (Lipinski definition) is 1. The van der Waals surface area contributed by atoms with Crippen molar-refractivity contribution in [3.05, 3.63) is 23.5 Å². The molecule has 0 amide bonds. The minimum Gasteiger partial charge on any atom is -0.358 e. The van der Waals surface area contributed by atoms with Gasteiger partial charge in [-0.1, -0.05) is 15.9 Å². The first-order chi connectivity index (χ1) is 5.27. The van der Waals surface area contributed by atoms with Gasteiger partial charge in [-0.15, -0.1) is 0 Å². The van der Waals surface area contributed by atoms with Crippen LogP contribution in [0, 0.1) is 0 Å². The number of rotatable bonds is 3. The Morgan fingerprint density at radius 3 is 2.91 bits per heavy atom. The Morgan fingerprint density at radius 1 is 1.73 bits per heavy atom. The van der Waals surface area contributed by atoms with Crippen LogP contribution in [0.3, 0.4) is 0 Å². The Bertz CT molecular complexity index is 280. The minimum absolute atomic E-state index is 0.0330. The highest BCUT2D eigenvalue weighted by molar-refractivity contribution is 9.09. The van der Waals surface area contributed by atoms with Gasteiger partial charge < -0.3 is 4.98 Å². The van der Waals surface area contributed by atoms with E-state index in [-0.39, 0.29) is 11.1 Å². The van der Waals surface area contributed by atoms with E-state index < -0.39 is 0 Å². The van der Waals surface area contributed by atoms with E-state index in [0.717, 1.165) is 0 Å². The molecule has 1 aromatic rings. The Hall–Kier alpha value is -0.900. The number of hydrogen-bond acceptors (Lipinski definition) is 2. The van der Waals surface area contributed by atoms with Gasteiger partial charge in [-0.2, -0.15) is 0 Å². The quantitative estimate of drug-likeness (QED) is 0.471.